The Morgan fingerprint density at radius 2 is 2.05 bits per heavy atom. The molecule has 118 valence electrons. The van der Waals surface area contributed by atoms with Crippen molar-refractivity contribution in [2.45, 2.75) is 52.2 Å². The number of ether oxygens (including phenoxy) is 2. The zero-order valence-electron chi connectivity index (χ0n) is 13.6. The average molecular weight is 286 g/mol. The van der Waals surface area contributed by atoms with Crippen LogP contribution in [0, 0.1) is 5.92 Å². The predicted molar refractivity (Wildman–Crippen MR) is 79.5 cm³/mol. The summed E-state index contributed by atoms with van der Waals surface area (Å²) in [6.07, 6.45) is 1.81. The maximum Gasteiger partial charge on any atom is 0.243 e. The molecule has 0 bridgehead atoms. The third-order valence-corrected chi connectivity index (χ3v) is 3.99. The van der Waals surface area contributed by atoms with Crippen molar-refractivity contribution in [1.29, 1.82) is 0 Å². The number of nitrogens with one attached hydrogen (secondary N) is 1. The summed E-state index contributed by atoms with van der Waals surface area (Å²) in [4.78, 5) is 14.5. The van der Waals surface area contributed by atoms with Crippen LogP contribution in [0.4, 0.5) is 0 Å². The number of carbonyl (C=O) groups is 1. The summed E-state index contributed by atoms with van der Waals surface area (Å²) in [5.41, 5.74) is -0.411. The van der Waals surface area contributed by atoms with Gasteiger partial charge in [-0.25, -0.2) is 0 Å². The zero-order chi connectivity index (χ0) is 15.2. The van der Waals surface area contributed by atoms with Crippen LogP contribution in [0.2, 0.25) is 0 Å². The fourth-order valence-corrected chi connectivity index (χ4v) is 2.51. The number of hydrogen-bond acceptors (Lipinski definition) is 4. The second-order valence-corrected chi connectivity index (χ2v) is 5.98. The van der Waals surface area contributed by atoms with Gasteiger partial charge in [0, 0.05) is 20.3 Å². The van der Waals surface area contributed by atoms with Crippen LogP contribution in [0.3, 0.4) is 0 Å². The lowest BCUT2D eigenvalue weighted by Crippen LogP contribution is -2.45. The van der Waals surface area contributed by atoms with Crippen molar-refractivity contribution < 1.29 is 14.3 Å². The highest BCUT2D eigenvalue weighted by Crippen LogP contribution is 2.27. The molecule has 1 N–H and O–H groups in total. The third kappa shape index (κ3) is 4.17. The quantitative estimate of drug-likeness (QED) is 0.654. The van der Waals surface area contributed by atoms with Gasteiger partial charge in [-0.2, -0.15) is 0 Å². The van der Waals surface area contributed by atoms with E-state index in [-0.39, 0.29) is 12.1 Å². The fourth-order valence-electron chi connectivity index (χ4n) is 2.51. The van der Waals surface area contributed by atoms with E-state index in [2.05, 4.69) is 26.1 Å². The Balaban J connectivity index is 2.46. The first-order valence-electron chi connectivity index (χ1n) is 7.61. The van der Waals surface area contributed by atoms with Gasteiger partial charge in [0.2, 0.25) is 5.91 Å². The van der Waals surface area contributed by atoms with E-state index in [4.69, 9.17) is 9.47 Å². The summed E-state index contributed by atoms with van der Waals surface area (Å²) in [5, 5.41) is 3.49. The predicted octanol–water partition coefficient (Wildman–Crippen LogP) is 1.62. The monoisotopic (exact) mass is 286 g/mol. The molecule has 0 aromatic heterocycles. The summed E-state index contributed by atoms with van der Waals surface area (Å²) in [6.45, 7) is 11.0. The standard InChI is InChI=1S/C15H30N2O3/c1-6-15(4)14(18)17(13(16-15)12(2)3)8-7-9-20-11-10-19-5/h12-13,16H,6-11H2,1-5H3. The van der Waals surface area contributed by atoms with Crippen LogP contribution in [-0.4, -0.2) is 56.0 Å². The van der Waals surface area contributed by atoms with Gasteiger partial charge < -0.3 is 14.4 Å². The molecule has 1 aliphatic rings. The zero-order valence-corrected chi connectivity index (χ0v) is 13.6. The first kappa shape index (κ1) is 17.4. The van der Waals surface area contributed by atoms with Crippen LogP contribution in [0.25, 0.3) is 0 Å². The van der Waals surface area contributed by atoms with E-state index < -0.39 is 5.54 Å². The molecule has 2 atom stereocenters. The second kappa shape index (κ2) is 7.96. The second-order valence-electron chi connectivity index (χ2n) is 5.98. The van der Waals surface area contributed by atoms with E-state index in [9.17, 15) is 4.79 Å². The van der Waals surface area contributed by atoms with Crippen molar-refractivity contribution >= 4 is 5.91 Å². The molecule has 5 nitrogen and oxygen atoms in total. The number of amides is 1. The average Bonchev–Trinajstić information content (AvgIpc) is 2.68. The largest absolute Gasteiger partial charge is 0.382 e. The lowest BCUT2D eigenvalue weighted by atomic mass is 9.99. The molecule has 0 aromatic rings. The summed E-state index contributed by atoms with van der Waals surface area (Å²) in [6, 6.07) is 0. The van der Waals surface area contributed by atoms with E-state index in [0.29, 0.717) is 25.7 Å². The van der Waals surface area contributed by atoms with E-state index in [1.54, 1.807) is 7.11 Å². The maximum atomic E-state index is 12.5. The Labute approximate surface area is 123 Å². The first-order valence-corrected chi connectivity index (χ1v) is 7.61. The van der Waals surface area contributed by atoms with E-state index in [1.807, 2.05) is 11.8 Å². The minimum Gasteiger partial charge on any atom is -0.382 e. The van der Waals surface area contributed by atoms with Crippen molar-refractivity contribution in [2.75, 3.05) is 33.5 Å². The molecule has 1 rings (SSSR count). The Morgan fingerprint density at radius 1 is 1.35 bits per heavy atom. The molecule has 0 aliphatic carbocycles. The Hall–Kier alpha value is -0.650. The molecule has 0 radical (unpaired) electrons. The molecule has 2 unspecified atom stereocenters. The van der Waals surface area contributed by atoms with Crippen LogP contribution < -0.4 is 5.32 Å². The lowest BCUT2D eigenvalue weighted by molar-refractivity contribution is -0.133. The van der Waals surface area contributed by atoms with Crippen LogP contribution in [-0.2, 0) is 14.3 Å². The molecule has 0 spiro atoms. The number of nitrogens with zero attached hydrogens (tertiary/aromatic N) is 1. The van der Waals surface area contributed by atoms with Crippen LogP contribution in [0.1, 0.15) is 40.5 Å². The number of methoxy groups -OCH3 is 1. The van der Waals surface area contributed by atoms with Crippen molar-refractivity contribution in [3.05, 3.63) is 0 Å². The molecule has 5 heteroatoms. The highest BCUT2D eigenvalue weighted by molar-refractivity contribution is 5.88. The van der Waals surface area contributed by atoms with Gasteiger partial charge in [-0.3, -0.25) is 10.1 Å². The molecule has 0 aromatic carbocycles. The van der Waals surface area contributed by atoms with Gasteiger partial charge in [0.1, 0.15) is 0 Å². The molecule has 1 fully saturated rings. The molecule has 1 heterocycles. The van der Waals surface area contributed by atoms with Crippen molar-refractivity contribution in [3.63, 3.8) is 0 Å². The van der Waals surface area contributed by atoms with Gasteiger partial charge >= 0.3 is 0 Å². The van der Waals surface area contributed by atoms with Gasteiger partial charge in [-0.1, -0.05) is 20.8 Å². The van der Waals surface area contributed by atoms with E-state index in [0.717, 1.165) is 19.4 Å². The summed E-state index contributed by atoms with van der Waals surface area (Å²) in [7, 11) is 1.66. The topological polar surface area (TPSA) is 50.8 Å². The SMILES string of the molecule is CCC1(C)NC(C(C)C)N(CCCOCCOC)C1=O. The highest BCUT2D eigenvalue weighted by Gasteiger charge is 2.47. The molecule has 20 heavy (non-hydrogen) atoms. The van der Waals surface area contributed by atoms with E-state index >= 15 is 0 Å². The van der Waals surface area contributed by atoms with Crippen molar-refractivity contribution in [2.24, 2.45) is 5.92 Å². The Morgan fingerprint density at radius 3 is 2.60 bits per heavy atom. The van der Waals surface area contributed by atoms with Crippen molar-refractivity contribution in [3.8, 4) is 0 Å². The van der Waals surface area contributed by atoms with Crippen LogP contribution in [0.15, 0.2) is 0 Å². The first-order chi connectivity index (χ1) is 9.46. The minimum absolute atomic E-state index is 0.131. The number of hydrogen-bond donors (Lipinski definition) is 1. The minimum atomic E-state index is -0.411. The third-order valence-electron chi connectivity index (χ3n) is 3.99. The summed E-state index contributed by atoms with van der Waals surface area (Å²) in [5.74, 6) is 0.623. The number of rotatable bonds is 9. The van der Waals surface area contributed by atoms with Gasteiger partial charge in [0.05, 0.1) is 24.9 Å². The van der Waals surface area contributed by atoms with Crippen LogP contribution >= 0.6 is 0 Å². The smallest absolute Gasteiger partial charge is 0.243 e. The molecule has 1 saturated heterocycles. The molecular formula is C15H30N2O3. The highest BCUT2D eigenvalue weighted by atomic mass is 16.5. The number of carbonyl (C=O) groups excluding carboxylic acids is 1. The Kier molecular flexibility index (Phi) is 6.92. The summed E-state index contributed by atoms with van der Waals surface area (Å²) < 4.78 is 10.4. The molecule has 1 aliphatic heterocycles. The summed E-state index contributed by atoms with van der Waals surface area (Å²) >= 11 is 0. The van der Waals surface area contributed by atoms with E-state index in [1.165, 1.54) is 0 Å². The lowest BCUT2D eigenvalue weighted by Gasteiger charge is -2.27. The maximum absolute atomic E-state index is 12.5. The van der Waals surface area contributed by atoms with Crippen molar-refractivity contribution in [1.82, 2.24) is 10.2 Å². The van der Waals surface area contributed by atoms with Gasteiger partial charge in [0.15, 0.2) is 0 Å². The van der Waals surface area contributed by atoms with Gasteiger partial charge in [-0.15, -0.1) is 0 Å². The molecule has 0 saturated carbocycles. The van der Waals surface area contributed by atoms with Gasteiger partial charge in [0.25, 0.3) is 0 Å². The molecule has 1 amide bonds. The fraction of sp³-hybridized carbons (Fsp3) is 0.933. The Bertz CT molecular complexity index is 309. The molecular weight excluding hydrogens is 256 g/mol. The van der Waals surface area contributed by atoms with Crippen LogP contribution in [0.5, 0.6) is 0 Å². The normalized spacial score (nSPS) is 26.8. The van der Waals surface area contributed by atoms with Gasteiger partial charge in [-0.05, 0) is 25.7 Å².